The average molecular weight is 131 g/mol. The van der Waals surface area contributed by atoms with Crippen LogP contribution in [0.2, 0.25) is 5.82 Å². The van der Waals surface area contributed by atoms with Crippen molar-refractivity contribution in [3.05, 3.63) is 0 Å². The molecule has 0 aromatic rings. The van der Waals surface area contributed by atoms with Gasteiger partial charge in [-0.25, -0.2) is 8.78 Å². The van der Waals surface area contributed by atoms with Gasteiger partial charge in [-0.15, -0.1) is 0 Å². The van der Waals surface area contributed by atoms with Crippen LogP contribution in [0.5, 0.6) is 0 Å². The second-order valence-corrected chi connectivity index (χ2v) is 2.56. The molecular formula is C5H8BF2N. The molecule has 1 rings (SSSR count). The lowest BCUT2D eigenvalue weighted by Gasteiger charge is -2.11. The van der Waals surface area contributed by atoms with Crippen molar-refractivity contribution >= 4 is 7.85 Å². The molecular weight excluding hydrogens is 123 g/mol. The van der Waals surface area contributed by atoms with Crippen molar-refractivity contribution in [3.8, 4) is 0 Å². The van der Waals surface area contributed by atoms with E-state index in [0.29, 0.717) is 6.54 Å². The molecule has 0 aliphatic carbocycles. The van der Waals surface area contributed by atoms with Gasteiger partial charge < -0.3 is 4.90 Å². The molecule has 0 aromatic carbocycles. The minimum atomic E-state index is -2.67. The molecule has 1 atom stereocenters. The van der Waals surface area contributed by atoms with Crippen LogP contribution in [0, 0.1) is 0 Å². The number of nitrogens with zero attached hydrogens (tertiary/aromatic N) is 1. The number of rotatable bonds is 0. The van der Waals surface area contributed by atoms with Gasteiger partial charge in [0.25, 0.3) is 5.92 Å². The SMILES string of the molecule is [B]C1CN(C)CC1(F)F. The first kappa shape index (κ1) is 7.00. The Labute approximate surface area is 54.4 Å². The minimum absolute atomic E-state index is 0.200. The zero-order valence-corrected chi connectivity index (χ0v) is 5.27. The van der Waals surface area contributed by atoms with E-state index < -0.39 is 11.7 Å². The van der Waals surface area contributed by atoms with Crippen molar-refractivity contribution in [2.45, 2.75) is 11.7 Å². The summed E-state index contributed by atoms with van der Waals surface area (Å²) in [6.07, 6.45) is 0. The largest absolute Gasteiger partial charge is 0.301 e. The highest BCUT2D eigenvalue weighted by Gasteiger charge is 2.42. The fourth-order valence-corrected chi connectivity index (χ4v) is 1.01. The van der Waals surface area contributed by atoms with E-state index in [4.69, 9.17) is 7.85 Å². The standard InChI is InChI=1S/C5H8BF2N/c1-9-2-4(6)5(7,8)3-9/h4H,2-3H2,1H3. The van der Waals surface area contributed by atoms with Gasteiger partial charge in [0, 0.05) is 0 Å². The Morgan fingerprint density at radius 3 is 2.33 bits per heavy atom. The number of hydrogen-bond donors (Lipinski definition) is 0. The van der Waals surface area contributed by atoms with Gasteiger partial charge >= 0.3 is 0 Å². The van der Waals surface area contributed by atoms with E-state index in [1.165, 1.54) is 4.90 Å². The quantitative estimate of drug-likeness (QED) is 0.433. The lowest BCUT2D eigenvalue weighted by molar-refractivity contribution is 0.0154. The maximum absolute atomic E-state index is 12.4. The third kappa shape index (κ3) is 1.23. The van der Waals surface area contributed by atoms with Crippen LogP contribution in [0.1, 0.15) is 0 Å². The topological polar surface area (TPSA) is 3.24 Å². The molecule has 0 amide bonds. The fraction of sp³-hybridized carbons (Fsp3) is 1.00. The average Bonchev–Trinajstić information content (AvgIpc) is 1.79. The van der Waals surface area contributed by atoms with Crippen LogP contribution >= 0.6 is 0 Å². The monoisotopic (exact) mass is 131 g/mol. The molecule has 0 N–H and O–H groups in total. The van der Waals surface area contributed by atoms with Crippen molar-refractivity contribution in [2.75, 3.05) is 20.1 Å². The van der Waals surface area contributed by atoms with Gasteiger partial charge in [-0.05, 0) is 19.4 Å². The van der Waals surface area contributed by atoms with Crippen LogP contribution in [0.3, 0.4) is 0 Å². The van der Waals surface area contributed by atoms with Crippen molar-refractivity contribution in [1.82, 2.24) is 4.90 Å². The van der Waals surface area contributed by atoms with E-state index in [1.807, 2.05) is 0 Å². The number of alkyl halides is 2. The third-order valence-corrected chi connectivity index (χ3v) is 1.53. The van der Waals surface area contributed by atoms with Gasteiger partial charge in [-0.2, -0.15) is 0 Å². The summed E-state index contributed by atoms with van der Waals surface area (Å²) in [5.41, 5.74) is 0. The second-order valence-electron chi connectivity index (χ2n) is 2.56. The lowest BCUT2D eigenvalue weighted by Crippen LogP contribution is -2.23. The zero-order chi connectivity index (χ0) is 7.07. The Bertz CT molecular complexity index is 118. The Kier molecular flexibility index (Phi) is 1.51. The van der Waals surface area contributed by atoms with Crippen molar-refractivity contribution in [3.63, 3.8) is 0 Å². The molecule has 0 aromatic heterocycles. The molecule has 0 spiro atoms. The van der Waals surface area contributed by atoms with E-state index in [1.54, 1.807) is 7.05 Å². The smallest absolute Gasteiger partial charge is 0.256 e. The predicted molar refractivity (Wildman–Crippen MR) is 31.9 cm³/mol. The van der Waals surface area contributed by atoms with Crippen LogP contribution in [0.4, 0.5) is 8.78 Å². The van der Waals surface area contributed by atoms with Crippen molar-refractivity contribution in [1.29, 1.82) is 0 Å². The molecule has 1 aliphatic rings. The fourth-order valence-electron chi connectivity index (χ4n) is 1.01. The summed E-state index contributed by atoms with van der Waals surface area (Å²) in [4.78, 5) is 1.53. The number of likely N-dealkylation sites (tertiary alicyclic amines) is 1. The van der Waals surface area contributed by atoms with Gasteiger partial charge in [0.05, 0.1) is 14.4 Å². The van der Waals surface area contributed by atoms with Gasteiger partial charge in [0.2, 0.25) is 0 Å². The molecule has 0 bridgehead atoms. The highest BCUT2D eigenvalue weighted by molar-refractivity contribution is 6.12. The van der Waals surface area contributed by atoms with Crippen LogP contribution in [0.25, 0.3) is 0 Å². The zero-order valence-electron chi connectivity index (χ0n) is 5.27. The molecule has 1 unspecified atom stereocenters. The van der Waals surface area contributed by atoms with Crippen molar-refractivity contribution < 1.29 is 8.78 Å². The van der Waals surface area contributed by atoms with Crippen LogP contribution in [-0.4, -0.2) is 38.8 Å². The summed E-state index contributed by atoms with van der Waals surface area (Å²) in [7, 11) is 6.75. The van der Waals surface area contributed by atoms with E-state index in [2.05, 4.69) is 0 Å². The number of halogens is 2. The predicted octanol–water partition coefficient (Wildman–Crippen LogP) is 0.524. The summed E-state index contributed by atoms with van der Waals surface area (Å²) >= 11 is 0. The molecule has 1 saturated heterocycles. The third-order valence-electron chi connectivity index (χ3n) is 1.53. The molecule has 1 aliphatic heterocycles. The van der Waals surface area contributed by atoms with Gasteiger partial charge in [-0.3, -0.25) is 0 Å². The molecule has 50 valence electrons. The molecule has 2 radical (unpaired) electrons. The summed E-state index contributed by atoms with van der Waals surface area (Å²) in [5.74, 6) is -3.64. The summed E-state index contributed by atoms with van der Waals surface area (Å²) in [6.45, 7) is 0.0984. The van der Waals surface area contributed by atoms with Crippen molar-refractivity contribution in [2.24, 2.45) is 0 Å². The Hall–Kier alpha value is -0.115. The van der Waals surface area contributed by atoms with Crippen LogP contribution in [-0.2, 0) is 0 Å². The van der Waals surface area contributed by atoms with E-state index in [-0.39, 0.29) is 6.54 Å². The van der Waals surface area contributed by atoms with E-state index in [0.717, 1.165) is 0 Å². The summed E-state index contributed by atoms with van der Waals surface area (Å²) < 4.78 is 24.8. The second kappa shape index (κ2) is 1.94. The lowest BCUT2D eigenvalue weighted by atomic mass is 9.84. The first-order chi connectivity index (χ1) is 4.02. The molecule has 1 nitrogen and oxygen atoms in total. The Morgan fingerprint density at radius 2 is 2.22 bits per heavy atom. The maximum Gasteiger partial charge on any atom is 0.256 e. The highest BCUT2D eigenvalue weighted by atomic mass is 19.3. The summed E-state index contributed by atoms with van der Waals surface area (Å²) in [5, 5.41) is 0. The normalized spacial score (nSPS) is 35.2. The summed E-state index contributed by atoms with van der Waals surface area (Å²) in [6, 6.07) is 0. The van der Waals surface area contributed by atoms with Gasteiger partial charge in [-0.1, -0.05) is 0 Å². The van der Waals surface area contributed by atoms with E-state index >= 15 is 0 Å². The van der Waals surface area contributed by atoms with Gasteiger partial charge in [0.1, 0.15) is 0 Å². The molecule has 4 heteroatoms. The highest BCUT2D eigenvalue weighted by Crippen LogP contribution is 2.33. The van der Waals surface area contributed by atoms with Gasteiger partial charge in [0.15, 0.2) is 0 Å². The Morgan fingerprint density at radius 1 is 1.67 bits per heavy atom. The first-order valence-electron chi connectivity index (χ1n) is 2.84. The maximum atomic E-state index is 12.4. The Balaban J connectivity index is 2.58. The molecule has 1 fully saturated rings. The molecule has 1 heterocycles. The minimum Gasteiger partial charge on any atom is -0.301 e. The van der Waals surface area contributed by atoms with Crippen LogP contribution in [0.15, 0.2) is 0 Å². The first-order valence-corrected chi connectivity index (χ1v) is 2.84. The number of hydrogen-bond acceptors (Lipinski definition) is 1. The van der Waals surface area contributed by atoms with E-state index in [9.17, 15) is 8.78 Å². The molecule has 0 saturated carbocycles. The van der Waals surface area contributed by atoms with Crippen LogP contribution < -0.4 is 0 Å². The molecule has 9 heavy (non-hydrogen) atoms.